The van der Waals surface area contributed by atoms with Crippen LogP contribution >= 0.6 is 0 Å². The molecule has 0 unspecified atom stereocenters. The number of hydrogen-bond acceptors (Lipinski definition) is 2. The smallest absolute Gasteiger partial charge is 0.252 e. The Morgan fingerprint density at radius 3 is 1.70 bits per heavy atom. The molecule has 6 aromatic carbocycles. The lowest BCUT2D eigenvalue weighted by Crippen LogP contribution is -2.62. The number of anilines is 6. The van der Waals surface area contributed by atoms with Crippen molar-refractivity contribution in [2.45, 2.75) is 143 Å². The average molecular weight is 804 g/mol. The predicted molar refractivity (Wildman–Crippen MR) is 265 cm³/mol. The molecule has 0 atom stereocenters. The van der Waals surface area contributed by atoms with Gasteiger partial charge in [-0.1, -0.05) is 143 Å². The van der Waals surface area contributed by atoms with Gasteiger partial charge in [0.25, 0.3) is 6.71 Å². The van der Waals surface area contributed by atoms with E-state index in [1.54, 1.807) is 0 Å². The molecule has 0 bridgehead atoms. The van der Waals surface area contributed by atoms with Crippen LogP contribution in [-0.4, -0.2) is 6.71 Å². The summed E-state index contributed by atoms with van der Waals surface area (Å²) in [4.78, 5) is 4.91. The number of benzene rings is 6. The van der Waals surface area contributed by atoms with E-state index in [1.807, 2.05) is 12.1 Å². The van der Waals surface area contributed by atoms with Crippen LogP contribution in [0.3, 0.4) is 0 Å². The standard InChI is InChI=1S/C58H65BN2/c1-35-26-51-53-52(27-35)61(49-32-44-41(28-37(49)3)57(11,12)34-58(44,13)14)50-33-43-42(55(7,8)24-25-56(43,9)10)31-46(50)59(53)45-29-39(38-18-16-15-17-19-38)21-23-47(45)60(51)48-30-40(54(4,5)6)22-20-36(48)2/h15-23,26-33H,24-25,34H2,1-14H3/i1D3. The van der Waals surface area contributed by atoms with Gasteiger partial charge in [-0.15, -0.1) is 0 Å². The first-order valence-corrected chi connectivity index (χ1v) is 22.7. The largest absolute Gasteiger partial charge is 0.311 e. The van der Waals surface area contributed by atoms with Crippen molar-refractivity contribution >= 4 is 57.2 Å². The molecule has 2 heterocycles. The Kier molecular flexibility index (Phi) is 7.81. The van der Waals surface area contributed by atoms with Crippen LogP contribution in [0.1, 0.15) is 144 Å². The Labute approximate surface area is 371 Å². The molecular formula is C58H65BN2. The van der Waals surface area contributed by atoms with Gasteiger partial charge in [0.05, 0.1) is 0 Å². The van der Waals surface area contributed by atoms with Crippen LogP contribution in [0, 0.1) is 20.7 Å². The maximum Gasteiger partial charge on any atom is 0.252 e. The van der Waals surface area contributed by atoms with Gasteiger partial charge in [0.2, 0.25) is 0 Å². The van der Waals surface area contributed by atoms with Gasteiger partial charge in [0.15, 0.2) is 0 Å². The maximum atomic E-state index is 9.10. The van der Waals surface area contributed by atoms with E-state index in [2.05, 4.69) is 191 Å². The van der Waals surface area contributed by atoms with E-state index in [0.717, 1.165) is 64.4 Å². The third kappa shape index (κ3) is 6.03. The fourth-order valence-corrected chi connectivity index (χ4v) is 12.1. The number of hydrogen-bond donors (Lipinski definition) is 0. The van der Waals surface area contributed by atoms with Gasteiger partial charge < -0.3 is 9.80 Å². The molecule has 0 saturated carbocycles. The van der Waals surface area contributed by atoms with Gasteiger partial charge in [-0.3, -0.25) is 0 Å². The Bertz CT molecular complexity index is 2930. The normalized spacial score (nSPS) is 19.5. The molecule has 6 aromatic rings. The fraction of sp³-hybridized carbons (Fsp3) is 0.379. The highest BCUT2D eigenvalue weighted by Crippen LogP contribution is 2.55. The number of aryl methyl sites for hydroxylation is 3. The first-order valence-electron chi connectivity index (χ1n) is 24.2. The zero-order chi connectivity index (χ0) is 45.8. The third-order valence-electron chi connectivity index (χ3n) is 15.4. The second kappa shape index (κ2) is 13.0. The van der Waals surface area contributed by atoms with Crippen LogP contribution in [0.5, 0.6) is 0 Å². The van der Waals surface area contributed by atoms with Crippen LogP contribution < -0.4 is 26.2 Å². The summed E-state index contributed by atoms with van der Waals surface area (Å²) < 4.78 is 27.3. The maximum absolute atomic E-state index is 9.10. The minimum atomic E-state index is -2.35. The molecule has 0 amide bonds. The van der Waals surface area contributed by atoms with Crippen LogP contribution in [0.25, 0.3) is 11.1 Å². The summed E-state index contributed by atoms with van der Waals surface area (Å²) in [6, 6.07) is 38.7. The first-order chi connectivity index (χ1) is 29.8. The van der Waals surface area contributed by atoms with Gasteiger partial charge >= 0.3 is 0 Å². The predicted octanol–water partition coefficient (Wildman–Crippen LogP) is 14.0. The Morgan fingerprint density at radius 2 is 1.07 bits per heavy atom. The third-order valence-corrected chi connectivity index (χ3v) is 15.4. The van der Waals surface area contributed by atoms with E-state index in [4.69, 9.17) is 4.11 Å². The van der Waals surface area contributed by atoms with Crippen molar-refractivity contribution in [3.63, 3.8) is 0 Å². The summed E-state index contributed by atoms with van der Waals surface area (Å²) in [7, 11) is 0. The number of nitrogens with zero attached hydrogens (tertiary/aromatic N) is 2. The molecule has 2 aliphatic heterocycles. The van der Waals surface area contributed by atoms with Gasteiger partial charge in [-0.25, -0.2) is 0 Å². The monoisotopic (exact) mass is 804 g/mol. The highest BCUT2D eigenvalue weighted by molar-refractivity contribution is 7.00. The topological polar surface area (TPSA) is 6.48 Å². The molecule has 2 aliphatic carbocycles. The minimum Gasteiger partial charge on any atom is -0.311 e. The highest BCUT2D eigenvalue weighted by Gasteiger charge is 2.48. The minimum absolute atomic E-state index is 0.0159. The number of rotatable bonds is 3. The molecule has 10 rings (SSSR count). The molecule has 4 aliphatic rings. The van der Waals surface area contributed by atoms with Crippen LogP contribution in [0.4, 0.5) is 34.1 Å². The van der Waals surface area contributed by atoms with Crippen molar-refractivity contribution in [1.82, 2.24) is 0 Å². The molecular weight excluding hydrogens is 735 g/mol. The van der Waals surface area contributed by atoms with Crippen molar-refractivity contribution in [3.05, 3.63) is 148 Å². The molecule has 3 heteroatoms. The molecule has 310 valence electrons. The van der Waals surface area contributed by atoms with E-state index >= 15 is 0 Å². The fourth-order valence-electron chi connectivity index (χ4n) is 12.1. The summed E-state index contributed by atoms with van der Waals surface area (Å²) in [5.41, 5.74) is 21.8. The molecule has 61 heavy (non-hydrogen) atoms. The van der Waals surface area contributed by atoms with Crippen molar-refractivity contribution in [1.29, 1.82) is 0 Å². The summed E-state index contributed by atoms with van der Waals surface area (Å²) in [6.45, 7) is 28.0. The molecule has 2 nitrogen and oxygen atoms in total. The van der Waals surface area contributed by atoms with Gasteiger partial charge in [-0.2, -0.15) is 0 Å². The van der Waals surface area contributed by atoms with Crippen LogP contribution in [-0.2, 0) is 27.1 Å². The highest BCUT2D eigenvalue weighted by atomic mass is 15.2. The SMILES string of the molecule is [2H]C([2H])([2H])c1cc2c3c(c1)N(c1cc4c(cc1C)C(C)(C)CC4(C)C)c1cc4c(cc1B3c1cc(-c3ccccc3)ccc1N2c1cc(C(C)(C)C)ccc1C)C(C)(C)CCC4(C)C. The van der Waals surface area contributed by atoms with Gasteiger partial charge in [0, 0.05) is 38.2 Å². The summed E-state index contributed by atoms with van der Waals surface area (Å²) in [5, 5.41) is 0. The summed E-state index contributed by atoms with van der Waals surface area (Å²) in [6.07, 6.45) is 3.29. The van der Waals surface area contributed by atoms with E-state index in [1.165, 1.54) is 55.4 Å². The van der Waals surface area contributed by atoms with E-state index < -0.39 is 6.85 Å². The molecule has 0 N–H and O–H groups in total. The number of fused-ring (bicyclic) bond motifs is 6. The molecule has 0 aromatic heterocycles. The zero-order valence-corrected chi connectivity index (χ0v) is 38.9. The summed E-state index contributed by atoms with van der Waals surface area (Å²) >= 11 is 0. The quantitative estimate of drug-likeness (QED) is 0.164. The van der Waals surface area contributed by atoms with Gasteiger partial charge in [-0.05, 0) is 175 Å². The van der Waals surface area contributed by atoms with Crippen molar-refractivity contribution < 1.29 is 4.11 Å². The first kappa shape index (κ1) is 36.6. The Hall–Kier alpha value is -5.02. The van der Waals surface area contributed by atoms with Crippen molar-refractivity contribution in [3.8, 4) is 11.1 Å². The zero-order valence-electron chi connectivity index (χ0n) is 41.9. The second-order valence-electron chi connectivity index (χ2n) is 22.8. The van der Waals surface area contributed by atoms with Crippen molar-refractivity contribution in [2.24, 2.45) is 0 Å². The molecule has 0 saturated heterocycles. The molecule has 0 radical (unpaired) electrons. The average Bonchev–Trinajstić information content (AvgIpc) is 3.39. The van der Waals surface area contributed by atoms with Gasteiger partial charge in [0.1, 0.15) is 0 Å². The van der Waals surface area contributed by atoms with E-state index in [-0.39, 0.29) is 33.8 Å². The van der Waals surface area contributed by atoms with E-state index in [9.17, 15) is 0 Å². The Morgan fingerprint density at radius 1 is 0.508 bits per heavy atom. The summed E-state index contributed by atoms with van der Waals surface area (Å²) in [5.74, 6) is 0. The van der Waals surface area contributed by atoms with E-state index in [0.29, 0.717) is 5.56 Å². The second-order valence-corrected chi connectivity index (χ2v) is 22.8. The van der Waals surface area contributed by atoms with Crippen LogP contribution in [0.15, 0.2) is 103 Å². The van der Waals surface area contributed by atoms with Crippen molar-refractivity contribution in [2.75, 3.05) is 9.80 Å². The lowest BCUT2D eigenvalue weighted by atomic mass is 9.33. The van der Waals surface area contributed by atoms with Crippen LogP contribution in [0.2, 0.25) is 0 Å². The lowest BCUT2D eigenvalue weighted by molar-refractivity contribution is 0.332. The lowest BCUT2D eigenvalue weighted by Gasteiger charge is -2.48. The Balaban J connectivity index is 1.38. The molecule has 0 spiro atoms. The molecule has 0 fully saturated rings.